The van der Waals surface area contributed by atoms with Gasteiger partial charge < -0.3 is 15.0 Å². The van der Waals surface area contributed by atoms with Gasteiger partial charge in [-0.2, -0.15) is 9.97 Å². The van der Waals surface area contributed by atoms with Crippen LogP contribution >= 0.6 is 11.6 Å². The van der Waals surface area contributed by atoms with Crippen molar-refractivity contribution in [1.82, 2.24) is 15.0 Å². The first-order chi connectivity index (χ1) is 14.0. The first-order valence-electron chi connectivity index (χ1n) is 9.37. The summed E-state index contributed by atoms with van der Waals surface area (Å²) in [6.07, 6.45) is 2.53. The number of anilines is 3. The summed E-state index contributed by atoms with van der Waals surface area (Å²) in [5.74, 6) is 1.53. The Morgan fingerprint density at radius 2 is 2.00 bits per heavy atom. The lowest BCUT2D eigenvalue weighted by Crippen LogP contribution is -2.32. The summed E-state index contributed by atoms with van der Waals surface area (Å²) in [4.78, 5) is 15.7. The molecule has 0 saturated heterocycles. The van der Waals surface area contributed by atoms with Gasteiger partial charge in [0.15, 0.2) is 0 Å². The van der Waals surface area contributed by atoms with Gasteiger partial charge in [-0.15, -0.1) is 0 Å². The quantitative estimate of drug-likeness (QED) is 0.650. The predicted molar refractivity (Wildman–Crippen MR) is 117 cm³/mol. The number of halogens is 1. The molecule has 3 heterocycles. The number of ether oxygens (including phenoxy) is 1. The molecule has 0 bridgehead atoms. The molecule has 1 aliphatic heterocycles. The number of hydrogen-bond acceptors (Lipinski definition) is 6. The Labute approximate surface area is 175 Å². The van der Waals surface area contributed by atoms with Crippen LogP contribution in [0.5, 0.6) is 6.01 Å². The number of fused-ring (bicyclic) bond motifs is 1. The van der Waals surface area contributed by atoms with Crippen molar-refractivity contribution in [1.29, 1.82) is 0 Å². The second-order valence-corrected chi connectivity index (χ2v) is 7.35. The lowest BCUT2D eigenvalue weighted by Gasteiger charge is -2.30. The maximum atomic E-state index is 6.34. The van der Waals surface area contributed by atoms with E-state index in [2.05, 4.69) is 31.7 Å². The number of hydrogen-bond donors (Lipinski definition) is 1. The highest BCUT2D eigenvalue weighted by Crippen LogP contribution is 2.32. The number of nitrogens with one attached hydrogen (secondary N) is 1. The third-order valence-corrected chi connectivity index (χ3v) is 5.20. The van der Waals surface area contributed by atoms with Crippen LogP contribution in [-0.2, 0) is 13.0 Å². The van der Waals surface area contributed by atoms with Crippen LogP contribution in [0.1, 0.15) is 23.7 Å². The van der Waals surface area contributed by atoms with Crippen molar-refractivity contribution in [2.45, 2.75) is 19.9 Å². The fourth-order valence-corrected chi connectivity index (χ4v) is 3.61. The van der Waals surface area contributed by atoms with E-state index in [-0.39, 0.29) is 0 Å². The Bertz CT molecular complexity index is 1050. The van der Waals surface area contributed by atoms with Gasteiger partial charge in [0, 0.05) is 24.0 Å². The summed E-state index contributed by atoms with van der Waals surface area (Å²) in [6, 6.07) is 12.1. The highest BCUT2D eigenvalue weighted by Gasteiger charge is 2.24. The summed E-state index contributed by atoms with van der Waals surface area (Å²) in [5.41, 5.74) is 5.09. The van der Waals surface area contributed by atoms with Gasteiger partial charge in [0.2, 0.25) is 0 Å². The molecule has 6 nitrogen and oxygen atoms in total. The molecule has 0 fully saturated rings. The van der Waals surface area contributed by atoms with E-state index in [4.69, 9.17) is 16.3 Å². The fourth-order valence-electron chi connectivity index (χ4n) is 3.37. The minimum absolute atomic E-state index is 0.332. The van der Waals surface area contributed by atoms with Crippen molar-refractivity contribution in [3.05, 3.63) is 71.0 Å². The number of aromatic nitrogens is 3. The topological polar surface area (TPSA) is 63.2 Å². The fraction of sp³-hybridized carbons (Fsp3) is 0.227. The molecule has 1 N–H and O–H groups in total. The van der Waals surface area contributed by atoms with Crippen LogP contribution in [0, 0.1) is 0 Å². The van der Waals surface area contributed by atoms with Crippen LogP contribution in [0.15, 0.2) is 49.2 Å². The molecule has 1 aliphatic rings. The van der Waals surface area contributed by atoms with Gasteiger partial charge in [-0.3, -0.25) is 0 Å². The maximum Gasteiger partial charge on any atom is 0.318 e. The van der Waals surface area contributed by atoms with Gasteiger partial charge in [-0.1, -0.05) is 35.9 Å². The lowest BCUT2D eigenvalue weighted by molar-refractivity contribution is 0.377. The smallest absolute Gasteiger partial charge is 0.318 e. The van der Waals surface area contributed by atoms with E-state index >= 15 is 0 Å². The zero-order valence-corrected chi connectivity index (χ0v) is 17.2. The Morgan fingerprint density at radius 1 is 1.21 bits per heavy atom. The average Bonchev–Trinajstić information content (AvgIpc) is 2.74. The van der Waals surface area contributed by atoms with E-state index < -0.39 is 0 Å². The van der Waals surface area contributed by atoms with Gasteiger partial charge in [-0.25, -0.2) is 4.98 Å². The first kappa shape index (κ1) is 19.2. The second kappa shape index (κ2) is 8.09. The molecular formula is C22H22ClN5O. The zero-order chi connectivity index (χ0) is 20.4. The highest BCUT2D eigenvalue weighted by atomic mass is 35.5. The summed E-state index contributed by atoms with van der Waals surface area (Å²) in [6.45, 7) is 7.35. The average molecular weight is 408 g/mol. The van der Waals surface area contributed by atoms with E-state index in [0.29, 0.717) is 17.6 Å². The first-order valence-corrected chi connectivity index (χ1v) is 9.75. The monoisotopic (exact) mass is 407 g/mol. The highest BCUT2D eigenvalue weighted by molar-refractivity contribution is 6.32. The molecule has 0 saturated carbocycles. The molecule has 0 spiro atoms. The largest absolute Gasteiger partial charge is 0.467 e. The molecule has 0 unspecified atom stereocenters. The summed E-state index contributed by atoms with van der Waals surface area (Å²) >= 11 is 6.34. The third-order valence-electron chi connectivity index (χ3n) is 4.91. The number of methoxy groups -OCH3 is 1. The minimum atomic E-state index is 0.332. The molecule has 0 atom stereocenters. The van der Waals surface area contributed by atoms with Crippen molar-refractivity contribution in [3.8, 4) is 6.01 Å². The standard InChI is InChI=1S/C22H22ClN5O/c1-14(2)15-6-8-16(9-7-15)25-20-17-10-12-28(21-18(23)5-4-11-24-21)13-19(17)26-22(27-20)29-3/h4-9,11H,1,10,12-13H2,2-3H3,(H,25,26,27). The Kier molecular flexibility index (Phi) is 5.36. The number of benzene rings is 1. The van der Waals surface area contributed by atoms with Crippen molar-refractivity contribution in [3.63, 3.8) is 0 Å². The predicted octanol–water partition coefficient (Wildman–Crippen LogP) is 4.87. The summed E-state index contributed by atoms with van der Waals surface area (Å²) in [7, 11) is 1.57. The number of nitrogens with zero attached hydrogens (tertiary/aromatic N) is 4. The van der Waals surface area contributed by atoms with E-state index in [9.17, 15) is 0 Å². The minimum Gasteiger partial charge on any atom is -0.467 e. The number of allylic oxidation sites excluding steroid dienone is 1. The molecule has 2 aromatic heterocycles. The van der Waals surface area contributed by atoms with Gasteiger partial charge >= 0.3 is 6.01 Å². The van der Waals surface area contributed by atoms with Crippen LogP contribution < -0.4 is 15.0 Å². The normalized spacial score (nSPS) is 13.0. The summed E-state index contributed by atoms with van der Waals surface area (Å²) < 4.78 is 5.34. The van der Waals surface area contributed by atoms with E-state index in [1.54, 1.807) is 13.3 Å². The Balaban J connectivity index is 1.64. The van der Waals surface area contributed by atoms with Crippen LogP contribution in [-0.4, -0.2) is 28.6 Å². The van der Waals surface area contributed by atoms with E-state index in [1.807, 2.05) is 43.3 Å². The van der Waals surface area contributed by atoms with Gasteiger partial charge in [-0.05, 0) is 43.2 Å². The van der Waals surface area contributed by atoms with Gasteiger partial charge in [0.1, 0.15) is 11.6 Å². The van der Waals surface area contributed by atoms with Gasteiger partial charge in [0.25, 0.3) is 0 Å². The number of rotatable bonds is 5. The molecule has 4 rings (SSSR count). The molecule has 0 aliphatic carbocycles. The Morgan fingerprint density at radius 3 is 2.69 bits per heavy atom. The molecule has 0 radical (unpaired) electrons. The van der Waals surface area contributed by atoms with Crippen molar-refractivity contribution < 1.29 is 4.74 Å². The van der Waals surface area contributed by atoms with Crippen LogP contribution in [0.3, 0.4) is 0 Å². The van der Waals surface area contributed by atoms with Crippen LogP contribution in [0.2, 0.25) is 5.02 Å². The number of pyridine rings is 1. The molecular weight excluding hydrogens is 386 g/mol. The molecule has 148 valence electrons. The summed E-state index contributed by atoms with van der Waals surface area (Å²) in [5, 5.41) is 4.05. The van der Waals surface area contributed by atoms with Crippen LogP contribution in [0.4, 0.5) is 17.3 Å². The van der Waals surface area contributed by atoms with Crippen LogP contribution in [0.25, 0.3) is 5.57 Å². The second-order valence-electron chi connectivity index (χ2n) is 6.95. The zero-order valence-electron chi connectivity index (χ0n) is 16.4. The molecule has 3 aromatic rings. The lowest BCUT2D eigenvalue weighted by atomic mass is 10.0. The molecule has 1 aromatic carbocycles. The molecule has 29 heavy (non-hydrogen) atoms. The Hall–Kier alpha value is -3.12. The molecule has 7 heteroatoms. The van der Waals surface area contributed by atoms with Crippen molar-refractivity contribution in [2.75, 3.05) is 23.9 Å². The molecule has 0 amide bonds. The van der Waals surface area contributed by atoms with Crippen molar-refractivity contribution in [2.24, 2.45) is 0 Å². The SMILES string of the molecule is C=C(C)c1ccc(Nc2nc(OC)nc3c2CCN(c2ncccc2Cl)C3)cc1. The van der Waals surface area contributed by atoms with E-state index in [0.717, 1.165) is 52.7 Å². The van der Waals surface area contributed by atoms with E-state index in [1.165, 1.54) is 0 Å². The third kappa shape index (κ3) is 4.03. The van der Waals surface area contributed by atoms with Crippen molar-refractivity contribution >= 4 is 34.5 Å². The van der Waals surface area contributed by atoms with Gasteiger partial charge in [0.05, 0.1) is 24.4 Å². The maximum absolute atomic E-state index is 6.34.